The maximum absolute atomic E-state index is 12.8. The summed E-state index contributed by atoms with van der Waals surface area (Å²) >= 11 is 0. The molecule has 1 unspecified atom stereocenters. The number of nitro benzene ring substituents is 1. The van der Waals surface area contributed by atoms with Gasteiger partial charge in [0, 0.05) is 43.2 Å². The third-order valence-electron chi connectivity index (χ3n) is 4.52. The van der Waals surface area contributed by atoms with E-state index in [9.17, 15) is 24.5 Å². The van der Waals surface area contributed by atoms with Crippen LogP contribution in [0.4, 0.5) is 5.69 Å². The highest BCUT2D eigenvalue weighted by Gasteiger charge is 2.27. The molecule has 0 aromatic heterocycles. The second-order valence-corrected chi connectivity index (χ2v) is 6.99. The molecule has 2 amide bonds. The van der Waals surface area contributed by atoms with Crippen molar-refractivity contribution in [1.29, 1.82) is 0 Å². The van der Waals surface area contributed by atoms with E-state index < -0.39 is 22.5 Å². The Bertz CT molecular complexity index is 729. The van der Waals surface area contributed by atoms with E-state index in [4.69, 9.17) is 5.11 Å². The fourth-order valence-corrected chi connectivity index (χ4v) is 3.01. The van der Waals surface area contributed by atoms with Gasteiger partial charge in [-0.2, -0.15) is 0 Å². The lowest BCUT2D eigenvalue weighted by Crippen LogP contribution is -2.44. The average Bonchev–Trinajstić information content (AvgIpc) is 2.65. The molecule has 1 atom stereocenters. The van der Waals surface area contributed by atoms with Crippen molar-refractivity contribution >= 4 is 23.5 Å². The number of non-ortho nitro benzene ring substituents is 1. The minimum absolute atomic E-state index is 0.0199. The Morgan fingerprint density at radius 2 is 1.96 bits per heavy atom. The lowest BCUT2D eigenvalue weighted by atomic mass is 9.96. The van der Waals surface area contributed by atoms with Gasteiger partial charge in [-0.05, 0) is 24.8 Å². The lowest BCUT2D eigenvalue weighted by Gasteiger charge is -2.33. The molecular formula is C18H23N3O6. The maximum atomic E-state index is 12.8. The Labute approximate surface area is 156 Å². The van der Waals surface area contributed by atoms with Crippen LogP contribution in [0.3, 0.4) is 0 Å². The topological polar surface area (TPSA) is 130 Å². The third kappa shape index (κ3) is 5.25. The Balaban J connectivity index is 2.13. The number of carboxylic acid groups (broad SMARTS) is 1. The van der Waals surface area contributed by atoms with Crippen molar-refractivity contribution < 1.29 is 24.4 Å². The minimum atomic E-state index is -1.33. The summed E-state index contributed by atoms with van der Waals surface area (Å²) in [6.07, 6.45) is 1.60. The molecule has 9 nitrogen and oxygen atoms in total. The molecule has 27 heavy (non-hydrogen) atoms. The first-order valence-electron chi connectivity index (χ1n) is 8.78. The highest BCUT2D eigenvalue weighted by molar-refractivity contribution is 5.98. The molecule has 9 heteroatoms. The third-order valence-corrected chi connectivity index (χ3v) is 4.52. The molecule has 0 radical (unpaired) electrons. The van der Waals surface area contributed by atoms with Crippen LogP contribution in [0.5, 0.6) is 0 Å². The summed E-state index contributed by atoms with van der Waals surface area (Å²) in [5.41, 5.74) is -0.755. The molecule has 1 fully saturated rings. The number of hydrogen-bond acceptors (Lipinski definition) is 5. The van der Waals surface area contributed by atoms with Crippen LogP contribution in [-0.4, -0.2) is 52.3 Å². The van der Waals surface area contributed by atoms with Gasteiger partial charge in [0.1, 0.15) is 0 Å². The van der Waals surface area contributed by atoms with Crippen molar-refractivity contribution in [2.24, 2.45) is 11.8 Å². The van der Waals surface area contributed by atoms with Crippen molar-refractivity contribution in [2.45, 2.75) is 26.7 Å². The van der Waals surface area contributed by atoms with Crippen molar-refractivity contribution in [3.05, 3.63) is 39.4 Å². The molecule has 146 valence electrons. The fraction of sp³-hybridized carbons (Fsp3) is 0.500. The van der Waals surface area contributed by atoms with E-state index in [1.165, 1.54) is 0 Å². The summed E-state index contributed by atoms with van der Waals surface area (Å²) in [5.74, 6) is -1.86. The number of carbonyl (C=O) groups is 3. The highest BCUT2D eigenvalue weighted by Crippen LogP contribution is 2.22. The van der Waals surface area contributed by atoms with Crippen LogP contribution >= 0.6 is 0 Å². The number of hydrogen-bond donors (Lipinski definition) is 2. The van der Waals surface area contributed by atoms with E-state index in [1.807, 2.05) is 0 Å². The normalized spacial score (nSPS) is 16.9. The first-order chi connectivity index (χ1) is 12.7. The van der Waals surface area contributed by atoms with Gasteiger partial charge in [-0.15, -0.1) is 0 Å². The Morgan fingerprint density at radius 3 is 2.56 bits per heavy atom. The highest BCUT2D eigenvalue weighted by atomic mass is 16.6. The van der Waals surface area contributed by atoms with Gasteiger partial charge in [-0.1, -0.05) is 13.8 Å². The molecular weight excluding hydrogens is 354 g/mol. The summed E-state index contributed by atoms with van der Waals surface area (Å²) in [6.45, 7) is 4.94. The fourth-order valence-electron chi connectivity index (χ4n) is 3.01. The number of aromatic carboxylic acids is 1. The van der Waals surface area contributed by atoms with Gasteiger partial charge < -0.3 is 15.3 Å². The van der Waals surface area contributed by atoms with E-state index in [1.54, 1.807) is 18.7 Å². The average molecular weight is 377 g/mol. The van der Waals surface area contributed by atoms with E-state index in [0.717, 1.165) is 31.0 Å². The predicted molar refractivity (Wildman–Crippen MR) is 96.5 cm³/mol. The molecule has 1 aliphatic heterocycles. The second-order valence-electron chi connectivity index (χ2n) is 6.99. The maximum Gasteiger partial charge on any atom is 0.335 e. The van der Waals surface area contributed by atoms with Crippen LogP contribution in [0.2, 0.25) is 0 Å². The van der Waals surface area contributed by atoms with Gasteiger partial charge in [-0.3, -0.25) is 19.7 Å². The quantitative estimate of drug-likeness (QED) is 0.575. The van der Waals surface area contributed by atoms with Crippen molar-refractivity contribution in [2.75, 3.05) is 19.6 Å². The minimum Gasteiger partial charge on any atom is -0.478 e. The Kier molecular flexibility index (Phi) is 6.49. The summed E-state index contributed by atoms with van der Waals surface area (Å²) in [6, 6.07) is 3.18. The second kappa shape index (κ2) is 8.61. The molecule has 0 spiro atoms. The number of likely N-dealkylation sites (tertiary alicyclic amines) is 1. The number of amides is 2. The largest absolute Gasteiger partial charge is 0.478 e. The molecule has 2 N–H and O–H groups in total. The number of rotatable bonds is 6. The van der Waals surface area contributed by atoms with Crippen molar-refractivity contribution in [3.8, 4) is 0 Å². The van der Waals surface area contributed by atoms with E-state index in [2.05, 4.69) is 5.32 Å². The van der Waals surface area contributed by atoms with Gasteiger partial charge in [0.2, 0.25) is 5.91 Å². The number of nitro groups is 1. The summed E-state index contributed by atoms with van der Waals surface area (Å²) < 4.78 is 0. The first kappa shape index (κ1) is 20.3. The number of carboxylic acids is 1. The van der Waals surface area contributed by atoms with Gasteiger partial charge in [0.15, 0.2) is 0 Å². The van der Waals surface area contributed by atoms with Crippen LogP contribution in [0.15, 0.2) is 18.2 Å². The van der Waals surface area contributed by atoms with Gasteiger partial charge in [0.05, 0.1) is 10.5 Å². The van der Waals surface area contributed by atoms with E-state index >= 15 is 0 Å². The standard InChI is InChI=1S/C18H23N3O6/c1-11(2)16(22)19-9-12-4-3-5-20(10-12)17(23)13-6-14(18(24)25)8-15(7-13)21(26)27/h6-8,11-12H,3-5,9-10H2,1-2H3,(H,19,22)(H,24,25). The zero-order valence-electron chi connectivity index (χ0n) is 15.3. The van der Waals surface area contributed by atoms with Crippen LogP contribution in [-0.2, 0) is 4.79 Å². The Hall–Kier alpha value is -2.97. The van der Waals surface area contributed by atoms with Crippen LogP contribution in [0, 0.1) is 22.0 Å². The molecule has 1 saturated heterocycles. The molecule has 2 rings (SSSR count). The van der Waals surface area contributed by atoms with E-state index in [0.29, 0.717) is 19.6 Å². The molecule has 0 saturated carbocycles. The molecule has 1 aromatic carbocycles. The first-order valence-corrected chi connectivity index (χ1v) is 8.78. The van der Waals surface area contributed by atoms with E-state index in [-0.39, 0.29) is 28.9 Å². The van der Waals surface area contributed by atoms with Gasteiger partial charge in [0.25, 0.3) is 11.6 Å². The zero-order valence-corrected chi connectivity index (χ0v) is 15.3. The van der Waals surface area contributed by atoms with Crippen LogP contribution in [0.25, 0.3) is 0 Å². The number of nitrogens with zero attached hydrogens (tertiary/aromatic N) is 2. The van der Waals surface area contributed by atoms with Crippen molar-refractivity contribution in [3.63, 3.8) is 0 Å². The Morgan fingerprint density at radius 1 is 1.30 bits per heavy atom. The lowest BCUT2D eigenvalue weighted by molar-refractivity contribution is -0.384. The summed E-state index contributed by atoms with van der Waals surface area (Å²) in [7, 11) is 0. The SMILES string of the molecule is CC(C)C(=O)NCC1CCCN(C(=O)c2cc(C(=O)O)cc([N+](=O)[O-])c2)C1. The molecule has 0 bridgehead atoms. The molecule has 1 heterocycles. The summed E-state index contributed by atoms with van der Waals surface area (Å²) in [4.78, 5) is 47.5. The zero-order chi connectivity index (χ0) is 20.1. The van der Waals surface area contributed by atoms with Gasteiger partial charge >= 0.3 is 5.97 Å². The molecule has 1 aromatic rings. The predicted octanol–water partition coefficient (Wildman–Crippen LogP) is 1.92. The molecule has 0 aliphatic carbocycles. The number of benzene rings is 1. The summed E-state index contributed by atoms with van der Waals surface area (Å²) in [5, 5.41) is 23.0. The van der Waals surface area contributed by atoms with Crippen LogP contribution in [0.1, 0.15) is 47.4 Å². The van der Waals surface area contributed by atoms with Gasteiger partial charge in [-0.25, -0.2) is 4.79 Å². The monoisotopic (exact) mass is 377 g/mol. The number of piperidine rings is 1. The molecule has 1 aliphatic rings. The smallest absolute Gasteiger partial charge is 0.335 e. The number of nitrogens with one attached hydrogen (secondary N) is 1. The number of carbonyl (C=O) groups excluding carboxylic acids is 2. The van der Waals surface area contributed by atoms with Crippen molar-refractivity contribution in [1.82, 2.24) is 10.2 Å². The van der Waals surface area contributed by atoms with Crippen LogP contribution < -0.4 is 5.32 Å².